The van der Waals surface area contributed by atoms with Crippen molar-refractivity contribution >= 4 is 23.1 Å². The van der Waals surface area contributed by atoms with Gasteiger partial charge in [0.15, 0.2) is 0 Å². The van der Waals surface area contributed by atoms with Gasteiger partial charge in [0, 0.05) is 0 Å². The van der Waals surface area contributed by atoms with Gasteiger partial charge in [0.05, 0.1) is 0 Å². The Labute approximate surface area is 327 Å². The molecule has 0 radical (unpaired) electrons. The van der Waals surface area contributed by atoms with Crippen LogP contribution in [0.25, 0.3) is 0 Å². The second-order valence-electron chi connectivity index (χ2n) is 4.63. The smallest absolute Gasteiger partial charge is 0.126 e. The molecule has 0 atom stereocenters. The van der Waals surface area contributed by atoms with Gasteiger partial charge in [-0.15, -0.1) is 23.7 Å². The number of halogens is 8. The van der Waals surface area contributed by atoms with Crippen LogP contribution in [0.3, 0.4) is 0 Å². The molecular weight excluding hydrogens is 696 g/mol. The summed E-state index contributed by atoms with van der Waals surface area (Å²) in [6.07, 6.45) is 0. The Morgan fingerprint density at radius 2 is 0.250 bits per heavy atom. The fourth-order valence-corrected chi connectivity index (χ4v) is 0. The molecular formula is C40H108F8O4. The minimum Gasteiger partial charge on any atom is -0.300 e. The first-order valence-corrected chi connectivity index (χ1v) is 15.3. The van der Waals surface area contributed by atoms with E-state index in [4.69, 9.17) is 0 Å². The van der Waals surface area contributed by atoms with Crippen molar-refractivity contribution in [1.82, 2.24) is 0 Å². The fourth-order valence-electron chi connectivity index (χ4n) is 0. The monoisotopic (exact) mass is 805 g/mol. The Morgan fingerprint density at radius 3 is 0.250 bits per heavy atom. The van der Waals surface area contributed by atoms with Crippen LogP contribution in [-0.4, -0.2) is 23.1 Å². The number of rotatable bonds is 0. The molecule has 0 fully saturated rings. The number of Topliss-reactive ketones (excluding diaryl/α,β-unsaturated/α-hetero) is 4. The third-order valence-corrected chi connectivity index (χ3v) is 0.500. The summed E-state index contributed by atoms with van der Waals surface area (Å²) in [5.41, 5.74) is 0. The van der Waals surface area contributed by atoms with Gasteiger partial charge in [-0.25, -0.2) is 0 Å². The summed E-state index contributed by atoms with van der Waals surface area (Å²) in [7, 11) is 0. The van der Waals surface area contributed by atoms with E-state index in [1.807, 2.05) is 138 Å². The molecule has 0 bridgehead atoms. The molecule has 0 unspecified atom stereocenters. The highest BCUT2D eigenvalue weighted by atomic mass is 19.0. The molecule has 0 spiro atoms. The van der Waals surface area contributed by atoms with E-state index in [1.54, 1.807) is 0 Å². The molecule has 0 amide bonds. The predicted molar refractivity (Wildman–Crippen MR) is 241 cm³/mol. The Balaban J connectivity index is -0.00000000580. The van der Waals surface area contributed by atoms with Crippen molar-refractivity contribution in [2.45, 2.75) is 224 Å². The Hall–Kier alpha value is -2.76. The van der Waals surface area contributed by atoms with Gasteiger partial charge in [-0.3, -0.25) is 37.6 Å². The highest BCUT2D eigenvalue weighted by Crippen LogP contribution is 1.51. The number of carbonyl (C=O) groups is 4. The lowest BCUT2D eigenvalue weighted by Gasteiger charge is -1.56. The van der Waals surface area contributed by atoms with E-state index in [2.05, 4.69) is 23.7 Å². The topological polar surface area (TPSA) is 68.3 Å². The Kier molecular flexibility index (Phi) is 2510. The summed E-state index contributed by atoms with van der Waals surface area (Å²) in [5, 5.41) is 0. The van der Waals surface area contributed by atoms with E-state index in [1.165, 1.54) is 55.4 Å². The first-order valence-electron chi connectivity index (χ1n) is 15.3. The minimum atomic E-state index is 0. The lowest BCUT2D eigenvalue weighted by Crippen LogP contribution is -1.69. The maximum absolute atomic E-state index is 9.44. The number of hydrogen-bond donors (Lipinski definition) is 0. The summed E-state index contributed by atoms with van der Waals surface area (Å²) in [6, 6.07) is 0. The zero-order chi connectivity index (χ0) is 37.1. The molecule has 0 aliphatic carbocycles. The molecule has 0 aromatic rings. The SMILES string of the molecule is C.C.C.C.CC.CC.CC.CC.CC.CC.CC.CC.CC#CC.CC#CC.CC(C)=O.CC(C)=O.CC(C)=O.CC(C)=O.F.F.F.F.F.F.F.F. The predicted octanol–water partition coefficient (Wildman–Crippen LogP) is 16.4. The number of carbonyl (C=O) groups excluding carboxylic acids is 4. The van der Waals surface area contributed by atoms with Gasteiger partial charge in [0.25, 0.3) is 0 Å². The van der Waals surface area contributed by atoms with Crippen molar-refractivity contribution in [2.75, 3.05) is 0 Å². The lowest BCUT2D eigenvalue weighted by atomic mass is 10.6. The molecule has 4 nitrogen and oxygen atoms in total. The van der Waals surface area contributed by atoms with Gasteiger partial charge < -0.3 is 19.2 Å². The van der Waals surface area contributed by atoms with E-state index in [9.17, 15) is 19.2 Å². The number of hydrogen-bond acceptors (Lipinski definition) is 4. The molecule has 0 saturated carbocycles. The van der Waals surface area contributed by atoms with Crippen LogP contribution in [-0.2, 0) is 19.2 Å². The van der Waals surface area contributed by atoms with Gasteiger partial charge in [-0.1, -0.05) is 140 Å². The van der Waals surface area contributed by atoms with Crippen molar-refractivity contribution in [3.63, 3.8) is 0 Å². The lowest BCUT2D eigenvalue weighted by molar-refractivity contribution is -0.115. The maximum Gasteiger partial charge on any atom is 0.126 e. The molecule has 12 heteroatoms. The van der Waals surface area contributed by atoms with Crippen LogP contribution in [0.5, 0.6) is 0 Å². The molecule has 0 heterocycles. The second kappa shape index (κ2) is 614. The van der Waals surface area contributed by atoms with Gasteiger partial charge in [-0.2, -0.15) is 0 Å². The van der Waals surface area contributed by atoms with Crippen molar-refractivity contribution in [2.24, 2.45) is 0 Å². The van der Waals surface area contributed by atoms with Crippen molar-refractivity contribution in [1.29, 1.82) is 0 Å². The highest BCUT2D eigenvalue weighted by molar-refractivity contribution is 5.72. The Bertz CT molecular complexity index is 366. The zero-order valence-corrected chi connectivity index (χ0v) is 36.9. The average Bonchev–Trinajstić information content (AvgIpc) is 2.96. The number of ketones is 4. The fraction of sp³-hybridized carbons (Fsp3) is 0.800. The maximum atomic E-state index is 9.44. The standard InChI is InChI=1S/2C4H6.4C3H6O.8C2H6.4CH4.8FH/c2*1-3-4-2;4*1-3(2)4;8*1-2;;;;;;;;;;;;/h6*1-2H3;8*1-2H3;4*1H4;8*1H. The van der Waals surface area contributed by atoms with E-state index in [-0.39, 0.29) is 90.5 Å². The summed E-state index contributed by atoms with van der Waals surface area (Å²) >= 11 is 0. The van der Waals surface area contributed by atoms with E-state index >= 15 is 0 Å². The van der Waals surface area contributed by atoms with Crippen LogP contribution >= 0.6 is 0 Å². The summed E-state index contributed by atoms with van der Waals surface area (Å²) in [6.45, 7) is 51.5. The summed E-state index contributed by atoms with van der Waals surface area (Å²) < 4.78 is 0. The molecule has 348 valence electrons. The molecule has 0 N–H and O–H groups in total. The van der Waals surface area contributed by atoms with Gasteiger partial charge in [0.1, 0.15) is 23.1 Å². The van der Waals surface area contributed by atoms with Crippen molar-refractivity contribution in [3.8, 4) is 23.7 Å². The van der Waals surface area contributed by atoms with Crippen LogP contribution in [0.1, 0.15) is 224 Å². The third kappa shape index (κ3) is 175000. The summed E-state index contributed by atoms with van der Waals surface area (Å²) in [4.78, 5) is 37.8. The molecule has 0 aromatic carbocycles. The van der Waals surface area contributed by atoms with E-state index in [0.717, 1.165) is 0 Å². The van der Waals surface area contributed by atoms with E-state index < -0.39 is 0 Å². The molecule has 52 heavy (non-hydrogen) atoms. The largest absolute Gasteiger partial charge is 0.300 e. The summed E-state index contributed by atoms with van der Waals surface area (Å²) in [5.74, 6) is 11.4. The quantitative estimate of drug-likeness (QED) is 0.181. The van der Waals surface area contributed by atoms with E-state index in [0.29, 0.717) is 0 Å². The van der Waals surface area contributed by atoms with Gasteiger partial charge in [-0.05, 0) is 83.1 Å². The van der Waals surface area contributed by atoms with Crippen molar-refractivity contribution in [3.05, 3.63) is 0 Å². The first kappa shape index (κ1) is 212. The third-order valence-electron chi connectivity index (χ3n) is 0.500. The molecule has 0 saturated heterocycles. The molecule has 0 aromatic heterocycles. The zero-order valence-electron chi connectivity index (χ0n) is 36.9. The van der Waals surface area contributed by atoms with Crippen LogP contribution in [0.2, 0.25) is 0 Å². The van der Waals surface area contributed by atoms with Crippen LogP contribution in [0.4, 0.5) is 37.6 Å². The highest BCUT2D eigenvalue weighted by Gasteiger charge is 1.63. The Morgan fingerprint density at radius 1 is 0.231 bits per heavy atom. The normalized spacial score (nSPS) is 3.46. The van der Waals surface area contributed by atoms with Crippen LogP contribution in [0, 0.1) is 23.7 Å². The van der Waals surface area contributed by atoms with Gasteiger partial charge >= 0.3 is 0 Å². The molecule has 0 rings (SSSR count). The first-order chi connectivity index (χ1) is 18.8. The molecule has 0 aliphatic rings. The minimum absolute atomic E-state index is 0. The van der Waals surface area contributed by atoms with Gasteiger partial charge in [0.2, 0.25) is 0 Å². The van der Waals surface area contributed by atoms with Crippen molar-refractivity contribution < 1.29 is 56.8 Å². The average molecular weight is 805 g/mol. The molecule has 0 aliphatic heterocycles. The van der Waals surface area contributed by atoms with Crippen LogP contribution < -0.4 is 0 Å². The second-order valence-corrected chi connectivity index (χ2v) is 4.63. The van der Waals surface area contributed by atoms with Crippen LogP contribution in [0.15, 0.2) is 0 Å².